The molecule has 3 nitrogen and oxygen atoms in total. The molecule has 16 heavy (non-hydrogen) atoms. The SMILES string of the molecule is Cc1ccc(C(=O)Nc2ncc(Br)s2)cc1. The summed E-state index contributed by atoms with van der Waals surface area (Å²) >= 11 is 4.68. The van der Waals surface area contributed by atoms with Crippen molar-refractivity contribution in [2.45, 2.75) is 6.92 Å². The van der Waals surface area contributed by atoms with Crippen LogP contribution < -0.4 is 5.32 Å². The zero-order valence-electron chi connectivity index (χ0n) is 8.53. The van der Waals surface area contributed by atoms with Gasteiger partial charge in [0.05, 0.1) is 9.98 Å². The van der Waals surface area contributed by atoms with Crippen molar-refractivity contribution in [1.29, 1.82) is 0 Å². The number of carbonyl (C=O) groups is 1. The lowest BCUT2D eigenvalue weighted by molar-refractivity contribution is 0.102. The second-order valence-corrected chi connectivity index (χ2v) is 5.70. The second-order valence-electron chi connectivity index (χ2n) is 3.29. The van der Waals surface area contributed by atoms with E-state index < -0.39 is 0 Å². The van der Waals surface area contributed by atoms with Gasteiger partial charge in [0, 0.05) is 5.56 Å². The minimum absolute atomic E-state index is 0.137. The number of thiazole rings is 1. The van der Waals surface area contributed by atoms with Crippen molar-refractivity contribution >= 4 is 38.3 Å². The molecule has 0 unspecified atom stereocenters. The number of benzene rings is 1. The number of rotatable bonds is 2. The van der Waals surface area contributed by atoms with Crippen LogP contribution in [0.1, 0.15) is 15.9 Å². The first-order valence-corrected chi connectivity index (χ1v) is 6.25. The Labute approximate surface area is 106 Å². The standard InChI is InChI=1S/C11H9BrN2OS/c1-7-2-4-8(5-3-7)10(15)14-11-13-6-9(12)16-11/h2-6H,1H3,(H,13,14,15). The molecular weight excluding hydrogens is 288 g/mol. The first-order chi connectivity index (χ1) is 7.65. The molecule has 1 N–H and O–H groups in total. The fourth-order valence-electron chi connectivity index (χ4n) is 1.19. The van der Waals surface area contributed by atoms with Crippen LogP contribution in [0.25, 0.3) is 0 Å². The van der Waals surface area contributed by atoms with E-state index in [1.807, 2.05) is 19.1 Å². The number of hydrogen-bond acceptors (Lipinski definition) is 3. The van der Waals surface area contributed by atoms with Gasteiger partial charge in [-0.1, -0.05) is 29.0 Å². The van der Waals surface area contributed by atoms with Crippen LogP contribution in [-0.4, -0.2) is 10.9 Å². The number of amides is 1. The average Bonchev–Trinajstić information content (AvgIpc) is 2.65. The maximum Gasteiger partial charge on any atom is 0.257 e. The molecule has 0 aliphatic rings. The Hall–Kier alpha value is -1.20. The summed E-state index contributed by atoms with van der Waals surface area (Å²) < 4.78 is 0.895. The number of halogens is 1. The van der Waals surface area contributed by atoms with Crippen molar-refractivity contribution in [2.75, 3.05) is 5.32 Å². The van der Waals surface area contributed by atoms with E-state index >= 15 is 0 Å². The van der Waals surface area contributed by atoms with E-state index in [0.717, 1.165) is 9.35 Å². The summed E-state index contributed by atoms with van der Waals surface area (Å²) in [7, 11) is 0. The number of aromatic nitrogens is 1. The molecule has 0 saturated carbocycles. The minimum atomic E-state index is -0.137. The third kappa shape index (κ3) is 2.68. The van der Waals surface area contributed by atoms with Gasteiger partial charge in [-0.05, 0) is 35.0 Å². The molecule has 1 aromatic heterocycles. The molecule has 0 aliphatic heterocycles. The fourth-order valence-corrected chi connectivity index (χ4v) is 2.29. The molecule has 0 aliphatic carbocycles. The molecule has 1 amide bonds. The van der Waals surface area contributed by atoms with Gasteiger partial charge in [0.1, 0.15) is 0 Å². The number of carbonyl (C=O) groups excluding carboxylic acids is 1. The number of aryl methyl sites for hydroxylation is 1. The van der Waals surface area contributed by atoms with Gasteiger partial charge in [0.25, 0.3) is 5.91 Å². The zero-order valence-corrected chi connectivity index (χ0v) is 10.9. The molecule has 0 fully saturated rings. The first kappa shape index (κ1) is 11.3. The lowest BCUT2D eigenvalue weighted by Gasteiger charge is -2.01. The number of hydrogen-bond donors (Lipinski definition) is 1. The Morgan fingerprint density at radius 1 is 1.38 bits per heavy atom. The van der Waals surface area contributed by atoms with Gasteiger partial charge >= 0.3 is 0 Å². The summed E-state index contributed by atoms with van der Waals surface area (Å²) in [4.78, 5) is 15.8. The van der Waals surface area contributed by atoms with Crippen LogP contribution in [0.3, 0.4) is 0 Å². The normalized spacial score (nSPS) is 10.1. The van der Waals surface area contributed by atoms with Gasteiger partial charge in [-0.25, -0.2) is 4.98 Å². The van der Waals surface area contributed by atoms with Gasteiger partial charge in [-0.15, -0.1) is 0 Å². The smallest absolute Gasteiger partial charge is 0.257 e. The summed E-state index contributed by atoms with van der Waals surface area (Å²) in [6.07, 6.45) is 1.66. The third-order valence-electron chi connectivity index (χ3n) is 2.01. The summed E-state index contributed by atoms with van der Waals surface area (Å²) in [6.45, 7) is 1.99. The largest absolute Gasteiger partial charge is 0.298 e. The zero-order chi connectivity index (χ0) is 11.5. The Balaban J connectivity index is 2.11. The van der Waals surface area contributed by atoms with Crippen molar-refractivity contribution in [1.82, 2.24) is 4.98 Å². The maximum atomic E-state index is 11.8. The van der Waals surface area contributed by atoms with Crippen LogP contribution in [0.15, 0.2) is 34.2 Å². The highest BCUT2D eigenvalue weighted by Crippen LogP contribution is 2.23. The van der Waals surface area contributed by atoms with Gasteiger partial charge < -0.3 is 0 Å². The molecule has 0 spiro atoms. The molecule has 0 bridgehead atoms. The highest BCUT2D eigenvalue weighted by molar-refractivity contribution is 9.11. The van der Waals surface area contributed by atoms with Crippen molar-refractivity contribution in [3.05, 3.63) is 45.4 Å². The van der Waals surface area contributed by atoms with Crippen LogP contribution in [-0.2, 0) is 0 Å². The number of nitrogens with zero attached hydrogens (tertiary/aromatic N) is 1. The highest BCUT2D eigenvalue weighted by atomic mass is 79.9. The van der Waals surface area contributed by atoms with E-state index in [1.54, 1.807) is 18.3 Å². The van der Waals surface area contributed by atoms with E-state index in [9.17, 15) is 4.79 Å². The van der Waals surface area contributed by atoms with E-state index in [-0.39, 0.29) is 5.91 Å². The van der Waals surface area contributed by atoms with Crippen molar-refractivity contribution in [2.24, 2.45) is 0 Å². The van der Waals surface area contributed by atoms with E-state index in [0.29, 0.717) is 10.7 Å². The Morgan fingerprint density at radius 3 is 2.62 bits per heavy atom. The van der Waals surface area contributed by atoms with E-state index in [4.69, 9.17) is 0 Å². The second kappa shape index (κ2) is 4.76. The van der Waals surface area contributed by atoms with Gasteiger partial charge in [0.2, 0.25) is 0 Å². The van der Waals surface area contributed by atoms with E-state index in [1.165, 1.54) is 11.3 Å². The topological polar surface area (TPSA) is 42.0 Å². The monoisotopic (exact) mass is 296 g/mol. The predicted molar refractivity (Wildman–Crippen MR) is 68.9 cm³/mol. The van der Waals surface area contributed by atoms with Crippen molar-refractivity contribution < 1.29 is 4.79 Å². The van der Waals surface area contributed by atoms with Crippen molar-refractivity contribution in [3.63, 3.8) is 0 Å². The van der Waals surface area contributed by atoms with Crippen LogP contribution >= 0.6 is 27.3 Å². The Kier molecular flexibility index (Phi) is 3.36. The predicted octanol–water partition coefficient (Wildman–Crippen LogP) is 3.47. The average molecular weight is 297 g/mol. The summed E-state index contributed by atoms with van der Waals surface area (Å²) in [6, 6.07) is 7.42. The van der Waals surface area contributed by atoms with Crippen LogP contribution in [0.2, 0.25) is 0 Å². The lowest BCUT2D eigenvalue weighted by atomic mass is 10.1. The number of anilines is 1. The summed E-state index contributed by atoms with van der Waals surface area (Å²) in [5.41, 5.74) is 1.77. The quantitative estimate of drug-likeness (QED) is 0.922. The summed E-state index contributed by atoms with van der Waals surface area (Å²) in [5.74, 6) is -0.137. The van der Waals surface area contributed by atoms with Crippen LogP contribution in [0.4, 0.5) is 5.13 Å². The third-order valence-corrected chi connectivity index (χ3v) is 3.40. The van der Waals surface area contributed by atoms with E-state index in [2.05, 4.69) is 26.2 Å². The van der Waals surface area contributed by atoms with Crippen molar-refractivity contribution in [3.8, 4) is 0 Å². The van der Waals surface area contributed by atoms with Gasteiger partial charge in [-0.2, -0.15) is 0 Å². The number of nitrogens with one attached hydrogen (secondary N) is 1. The molecule has 5 heteroatoms. The molecule has 0 saturated heterocycles. The van der Waals surface area contributed by atoms with Crippen LogP contribution in [0.5, 0.6) is 0 Å². The van der Waals surface area contributed by atoms with Gasteiger partial charge in [0.15, 0.2) is 5.13 Å². The maximum absolute atomic E-state index is 11.8. The summed E-state index contributed by atoms with van der Waals surface area (Å²) in [5, 5.41) is 3.33. The molecule has 0 atom stereocenters. The van der Waals surface area contributed by atoms with Gasteiger partial charge in [-0.3, -0.25) is 10.1 Å². The lowest BCUT2D eigenvalue weighted by Crippen LogP contribution is -2.11. The van der Waals surface area contributed by atoms with Crippen LogP contribution in [0, 0.1) is 6.92 Å². The molecule has 1 aromatic carbocycles. The molecule has 1 heterocycles. The molecular formula is C11H9BrN2OS. The first-order valence-electron chi connectivity index (χ1n) is 4.64. The minimum Gasteiger partial charge on any atom is -0.298 e. The highest BCUT2D eigenvalue weighted by Gasteiger charge is 2.07. The molecule has 2 rings (SSSR count). The fraction of sp³-hybridized carbons (Fsp3) is 0.0909. The molecule has 2 aromatic rings. The Bertz CT molecular complexity index is 507. The molecule has 82 valence electrons. The molecule has 0 radical (unpaired) electrons. The Morgan fingerprint density at radius 2 is 2.06 bits per heavy atom.